The number of nitrogens with zero attached hydrogens (tertiary/aromatic N) is 2. The zero-order valence-corrected chi connectivity index (χ0v) is 24.0. The van der Waals surface area contributed by atoms with Gasteiger partial charge in [0, 0.05) is 31.1 Å². The Morgan fingerprint density at radius 1 is 1.08 bits per heavy atom. The quantitative estimate of drug-likeness (QED) is 0.398. The molecule has 1 N–H and O–H groups in total. The van der Waals surface area contributed by atoms with Gasteiger partial charge in [0.15, 0.2) is 0 Å². The number of anilines is 1. The highest BCUT2D eigenvalue weighted by molar-refractivity contribution is 7.92. The van der Waals surface area contributed by atoms with Crippen molar-refractivity contribution in [1.29, 1.82) is 0 Å². The van der Waals surface area contributed by atoms with E-state index in [4.69, 9.17) is 16.3 Å². The first-order chi connectivity index (χ1) is 17.3. The Bertz CT molecular complexity index is 1170. The lowest BCUT2D eigenvalue weighted by atomic mass is 10.1. The van der Waals surface area contributed by atoms with Gasteiger partial charge in [-0.2, -0.15) is 0 Å². The summed E-state index contributed by atoms with van der Waals surface area (Å²) in [5.74, 6) is 0.502. The van der Waals surface area contributed by atoms with Gasteiger partial charge in [-0.05, 0) is 61.6 Å². The van der Waals surface area contributed by atoms with E-state index in [0.717, 1.165) is 17.4 Å². The van der Waals surface area contributed by atoms with E-state index in [0.29, 0.717) is 23.0 Å². The van der Waals surface area contributed by atoms with E-state index >= 15 is 0 Å². The van der Waals surface area contributed by atoms with Crippen LogP contribution in [0.25, 0.3) is 0 Å². The van der Waals surface area contributed by atoms with Crippen LogP contribution in [-0.4, -0.2) is 57.6 Å². The molecule has 0 aromatic heterocycles. The van der Waals surface area contributed by atoms with Gasteiger partial charge < -0.3 is 15.0 Å². The molecular weight excluding hydrogens is 514 g/mol. The molecular formula is C27H38ClN3O5S. The van der Waals surface area contributed by atoms with Crippen molar-refractivity contribution >= 4 is 39.1 Å². The van der Waals surface area contributed by atoms with Gasteiger partial charge in [-0.15, -0.1) is 0 Å². The van der Waals surface area contributed by atoms with Crippen LogP contribution in [0.5, 0.6) is 5.75 Å². The third kappa shape index (κ3) is 9.23. The molecule has 0 saturated heterocycles. The van der Waals surface area contributed by atoms with Gasteiger partial charge in [0.05, 0.1) is 19.1 Å². The summed E-state index contributed by atoms with van der Waals surface area (Å²) in [6, 6.07) is 11.7. The first kappa shape index (κ1) is 30.4. The maximum atomic E-state index is 13.4. The molecule has 2 amide bonds. The Labute approximate surface area is 226 Å². The highest BCUT2D eigenvalue weighted by atomic mass is 35.5. The normalized spacial score (nSPS) is 12.2. The summed E-state index contributed by atoms with van der Waals surface area (Å²) >= 11 is 6.11. The van der Waals surface area contributed by atoms with E-state index in [1.165, 1.54) is 9.21 Å². The molecule has 204 valence electrons. The van der Waals surface area contributed by atoms with Crippen LogP contribution >= 0.6 is 11.6 Å². The fourth-order valence-electron chi connectivity index (χ4n) is 3.80. The number of hydrogen-bond donors (Lipinski definition) is 1. The number of amides is 2. The molecule has 0 bridgehead atoms. The zero-order chi connectivity index (χ0) is 27.8. The van der Waals surface area contributed by atoms with E-state index in [2.05, 4.69) is 5.32 Å². The summed E-state index contributed by atoms with van der Waals surface area (Å²) in [4.78, 5) is 27.7. The van der Waals surface area contributed by atoms with Gasteiger partial charge in [-0.1, -0.05) is 43.6 Å². The van der Waals surface area contributed by atoms with E-state index in [-0.39, 0.29) is 43.7 Å². The molecule has 8 nitrogen and oxygen atoms in total. The summed E-state index contributed by atoms with van der Waals surface area (Å²) in [5, 5.41) is 3.32. The van der Waals surface area contributed by atoms with Crippen molar-refractivity contribution in [3.8, 4) is 5.75 Å². The summed E-state index contributed by atoms with van der Waals surface area (Å²) < 4.78 is 31.6. The van der Waals surface area contributed by atoms with Crippen LogP contribution in [-0.2, 0) is 26.2 Å². The van der Waals surface area contributed by atoms with Crippen molar-refractivity contribution in [2.45, 2.75) is 53.1 Å². The molecule has 0 aliphatic rings. The van der Waals surface area contributed by atoms with E-state index in [9.17, 15) is 18.0 Å². The summed E-state index contributed by atoms with van der Waals surface area (Å²) in [7, 11) is -2.02. The van der Waals surface area contributed by atoms with Crippen molar-refractivity contribution in [3.05, 3.63) is 58.6 Å². The minimum atomic E-state index is -3.60. The van der Waals surface area contributed by atoms with Crippen LogP contribution in [0, 0.1) is 12.8 Å². The maximum absolute atomic E-state index is 13.4. The highest BCUT2D eigenvalue weighted by Crippen LogP contribution is 2.27. The molecule has 0 aliphatic heterocycles. The Morgan fingerprint density at radius 3 is 2.30 bits per heavy atom. The third-order valence-corrected chi connectivity index (χ3v) is 7.37. The van der Waals surface area contributed by atoms with Gasteiger partial charge in [-0.25, -0.2) is 8.42 Å². The molecule has 0 saturated carbocycles. The second kappa shape index (κ2) is 13.7. The van der Waals surface area contributed by atoms with Crippen molar-refractivity contribution in [3.63, 3.8) is 0 Å². The van der Waals surface area contributed by atoms with Crippen molar-refractivity contribution in [2.75, 3.05) is 30.8 Å². The monoisotopic (exact) mass is 551 g/mol. The molecule has 0 heterocycles. The van der Waals surface area contributed by atoms with Gasteiger partial charge in [0.2, 0.25) is 21.8 Å². The standard InChI is InChI=1S/C27H38ClN3O5S/c1-19(2)17-29-27(33)21(4)30(18-22-10-13-24(36-5)14-11-22)26(32)8-7-15-31(37(6,34)35)25-16-23(28)12-9-20(25)3/h9-14,16,19,21H,7-8,15,17-18H2,1-6H3,(H,29,33)/t21-/m0/s1. The van der Waals surface area contributed by atoms with E-state index in [1.54, 1.807) is 44.4 Å². The molecule has 0 unspecified atom stereocenters. The van der Waals surface area contributed by atoms with Crippen LogP contribution in [0.2, 0.25) is 5.02 Å². The minimum Gasteiger partial charge on any atom is -0.497 e. The summed E-state index contributed by atoms with van der Waals surface area (Å²) in [6.07, 6.45) is 1.48. The van der Waals surface area contributed by atoms with Gasteiger partial charge >= 0.3 is 0 Å². The number of hydrogen-bond acceptors (Lipinski definition) is 5. The molecule has 2 aromatic rings. The predicted octanol–water partition coefficient (Wildman–Crippen LogP) is 4.39. The number of aryl methyl sites for hydroxylation is 1. The maximum Gasteiger partial charge on any atom is 0.242 e. The fraction of sp³-hybridized carbons (Fsp3) is 0.481. The number of benzene rings is 2. The SMILES string of the molecule is COc1ccc(CN(C(=O)CCCN(c2cc(Cl)ccc2C)S(C)(=O)=O)[C@@H](C)C(=O)NCC(C)C)cc1. The molecule has 10 heteroatoms. The first-order valence-corrected chi connectivity index (χ1v) is 14.5. The number of halogens is 1. The number of sulfonamides is 1. The Morgan fingerprint density at radius 2 is 1.73 bits per heavy atom. The number of carbonyl (C=O) groups excluding carboxylic acids is 2. The van der Waals surface area contributed by atoms with E-state index < -0.39 is 16.1 Å². The lowest BCUT2D eigenvalue weighted by molar-refractivity contribution is -0.140. The van der Waals surface area contributed by atoms with Crippen molar-refractivity contribution in [2.24, 2.45) is 5.92 Å². The first-order valence-electron chi connectivity index (χ1n) is 12.3. The molecule has 2 rings (SSSR count). The lowest BCUT2D eigenvalue weighted by Gasteiger charge is -2.30. The number of methoxy groups -OCH3 is 1. The number of rotatable bonds is 13. The number of ether oxygens (including phenoxy) is 1. The molecule has 2 aromatic carbocycles. The van der Waals surface area contributed by atoms with Gasteiger partial charge in [-0.3, -0.25) is 13.9 Å². The molecule has 1 atom stereocenters. The second-order valence-electron chi connectivity index (χ2n) is 9.55. The molecule has 0 fully saturated rings. The highest BCUT2D eigenvalue weighted by Gasteiger charge is 2.27. The summed E-state index contributed by atoms with van der Waals surface area (Å²) in [6.45, 7) is 8.37. The van der Waals surface area contributed by atoms with Crippen LogP contribution in [0.3, 0.4) is 0 Å². The Balaban J connectivity index is 2.20. The summed E-state index contributed by atoms with van der Waals surface area (Å²) in [5.41, 5.74) is 2.10. The van der Waals surface area contributed by atoms with Crippen molar-refractivity contribution < 1.29 is 22.7 Å². The van der Waals surface area contributed by atoms with Crippen LogP contribution in [0.15, 0.2) is 42.5 Å². The average molecular weight is 552 g/mol. The van der Waals surface area contributed by atoms with Crippen LogP contribution in [0.1, 0.15) is 44.7 Å². The second-order valence-corrected chi connectivity index (χ2v) is 11.9. The minimum absolute atomic E-state index is 0.0730. The number of nitrogens with one attached hydrogen (secondary N) is 1. The van der Waals surface area contributed by atoms with E-state index in [1.807, 2.05) is 32.9 Å². The number of carbonyl (C=O) groups is 2. The van der Waals surface area contributed by atoms with Crippen molar-refractivity contribution in [1.82, 2.24) is 10.2 Å². The average Bonchev–Trinajstić information content (AvgIpc) is 2.84. The lowest BCUT2D eigenvalue weighted by Crippen LogP contribution is -2.48. The molecule has 0 radical (unpaired) electrons. The smallest absolute Gasteiger partial charge is 0.242 e. The fourth-order valence-corrected chi connectivity index (χ4v) is 4.98. The predicted molar refractivity (Wildman–Crippen MR) is 148 cm³/mol. The van der Waals surface area contributed by atoms with Crippen LogP contribution < -0.4 is 14.4 Å². The zero-order valence-electron chi connectivity index (χ0n) is 22.5. The Kier molecular flexibility index (Phi) is 11.3. The van der Waals surface area contributed by atoms with Gasteiger partial charge in [0.1, 0.15) is 11.8 Å². The molecule has 0 spiro atoms. The molecule has 37 heavy (non-hydrogen) atoms. The van der Waals surface area contributed by atoms with Crippen LogP contribution in [0.4, 0.5) is 5.69 Å². The third-order valence-electron chi connectivity index (χ3n) is 5.96. The topological polar surface area (TPSA) is 96.0 Å². The molecule has 0 aliphatic carbocycles. The Hall–Kier alpha value is -2.78. The largest absolute Gasteiger partial charge is 0.497 e. The van der Waals surface area contributed by atoms with Gasteiger partial charge in [0.25, 0.3) is 0 Å².